The quantitative estimate of drug-likeness (QED) is 0.437. The topological polar surface area (TPSA) is 88.1 Å². The van der Waals surface area contributed by atoms with E-state index < -0.39 is 23.3 Å². The summed E-state index contributed by atoms with van der Waals surface area (Å²) in [6.45, 7) is 5.63. The molecular weight excluding hydrogens is 408 g/mol. The van der Waals surface area contributed by atoms with E-state index in [-0.39, 0.29) is 24.3 Å². The van der Waals surface area contributed by atoms with Crippen LogP contribution in [0.15, 0.2) is 70.5 Å². The van der Waals surface area contributed by atoms with Crippen molar-refractivity contribution in [2.24, 2.45) is 0 Å². The van der Waals surface area contributed by atoms with E-state index in [1.54, 1.807) is 26.0 Å². The molecule has 0 aliphatic rings. The van der Waals surface area contributed by atoms with E-state index in [1.165, 1.54) is 20.0 Å². The van der Waals surface area contributed by atoms with Crippen molar-refractivity contribution in [3.05, 3.63) is 92.9 Å². The maximum absolute atomic E-state index is 13.5. The minimum absolute atomic E-state index is 0.0965. The number of nitrogens with zero attached hydrogens (tertiary/aromatic N) is 4. The van der Waals surface area contributed by atoms with Crippen LogP contribution in [0.25, 0.3) is 16.9 Å². The first kappa shape index (κ1) is 21.3. The second kappa shape index (κ2) is 8.66. The molecule has 0 aliphatic carbocycles. The Bertz CT molecular complexity index is 1380. The molecule has 0 amide bonds. The summed E-state index contributed by atoms with van der Waals surface area (Å²) in [6.07, 6.45) is 1.41. The molecule has 0 bridgehead atoms. The van der Waals surface area contributed by atoms with Crippen LogP contribution >= 0.6 is 0 Å². The molecule has 0 spiro atoms. The smallest absolute Gasteiger partial charge is 0.337 e. The molecule has 0 saturated carbocycles. The summed E-state index contributed by atoms with van der Waals surface area (Å²) in [6, 6.07) is 15.9. The van der Waals surface area contributed by atoms with Gasteiger partial charge in [-0.3, -0.25) is 9.36 Å². The van der Waals surface area contributed by atoms with E-state index in [1.807, 2.05) is 49.4 Å². The van der Waals surface area contributed by atoms with Gasteiger partial charge in [0.25, 0.3) is 5.56 Å². The highest BCUT2D eigenvalue weighted by Crippen LogP contribution is 2.18. The zero-order chi connectivity index (χ0) is 22.8. The van der Waals surface area contributed by atoms with Crippen molar-refractivity contribution in [3.8, 4) is 5.69 Å². The molecule has 2 aromatic heterocycles. The Morgan fingerprint density at radius 3 is 2.41 bits per heavy atom. The van der Waals surface area contributed by atoms with Crippen molar-refractivity contribution in [1.82, 2.24) is 18.7 Å². The number of hydrogen-bond acceptors (Lipinski definition) is 5. The number of ether oxygens (including phenoxy) is 1. The standard InChI is InChI=1S/C24H24N4O4/c1-4-32-23(30)17(3)27-15-25-21-20(27)22(29)26(14-18-8-6-5-7-9-18)24(31)28(21)19-12-10-16(2)11-13-19/h5-13,15,17H,4,14H2,1-3H3/t17-/m0/s1. The molecule has 0 unspecified atom stereocenters. The van der Waals surface area contributed by atoms with Gasteiger partial charge in [0.05, 0.1) is 25.2 Å². The number of rotatable bonds is 6. The SMILES string of the molecule is CCOC(=O)[C@H](C)n1cnc2c1c(=O)n(Cc1ccccc1)c(=O)n2-c1ccc(C)cc1. The van der Waals surface area contributed by atoms with Crippen molar-refractivity contribution in [2.75, 3.05) is 6.61 Å². The molecule has 1 atom stereocenters. The summed E-state index contributed by atoms with van der Waals surface area (Å²) in [5.74, 6) is -0.478. The Hall–Kier alpha value is -3.94. The molecule has 164 valence electrons. The monoisotopic (exact) mass is 432 g/mol. The fourth-order valence-electron chi connectivity index (χ4n) is 3.65. The average molecular weight is 432 g/mol. The lowest BCUT2D eigenvalue weighted by molar-refractivity contribution is -0.146. The molecule has 0 radical (unpaired) electrons. The number of hydrogen-bond donors (Lipinski definition) is 0. The van der Waals surface area contributed by atoms with Gasteiger partial charge in [-0.25, -0.2) is 19.1 Å². The van der Waals surface area contributed by atoms with Crippen molar-refractivity contribution >= 4 is 17.1 Å². The molecule has 32 heavy (non-hydrogen) atoms. The lowest BCUT2D eigenvalue weighted by Crippen LogP contribution is -2.40. The van der Waals surface area contributed by atoms with Gasteiger partial charge in [-0.2, -0.15) is 0 Å². The summed E-state index contributed by atoms with van der Waals surface area (Å²) in [5, 5.41) is 0. The normalized spacial score (nSPS) is 12.1. The van der Waals surface area contributed by atoms with Crippen molar-refractivity contribution in [1.29, 1.82) is 0 Å². The molecule has 4 rings (SSSR count). The second-order valence-electron chi connectivity index (χ2n) is 7.58. The number of benzene rings is 2. The molecule has 2 aromatic carbocycles. The largest absolute Gasteiger partial charge is 0.464 e. The van der Waals surface area contributed by atoms with Gasteiger partial charge >= 0.3 is 11.7 Å². The highest BCUT2D eigenvalue weighted by molar-refractivity contribution is 5.79. The van der Waals surface area contributed by atoms with Gasteiger partial charge < -0.3 is 9.30 Å². The minimum atomic E-state index is -0.776. The van der Waals surface area contributed by atoms with Gasteiger partial charge in [0.1, 0.15) is 6.04 Å². The van der Waals surface area contributed by atoms with E-state index in [4.69, 9.17) is 4.74 Å². The van der Waals surface area contributed by atoms with Gasteiger partial charge in [0.15, 0.2) is 11.2 Å². The van der Waals surface area contributed by atoms with Crippen LogP contribution in [0, 0.1) is 6.92 Å². The Kier molecular flexibility index (Phi) is 5.77. The summed E-state index contributed by atoms with van der Waals surface area (Å²) in [5.41, 5.74) is 1.80. The first-order valence-electron chi connectivity index (χ1n) is 10.4. The third-order valence-corrected chi connectivity index (χ3v) is 5.38. The van der Waals surface area contributed by atoms with E-state index in [9.17, 15) is 14.4 Å². The molecule has 2 heterocycles. The van der Waals surface area contributed by atoms with Gasteiger partial charge in [-0.15, -0.1) is 0 Å². The van der Waals surface area contributed by atoms with Crippen LogP contribution in [0.3, 0.4) is 0 Å². The van der Waals surface area contributed by atoms with Crippen LogP contribution in [-0.4, -0.2) is 31.3 Å². The number of carbonyl (C=O) groups is 1. The molecular formula is C24H24N4O4. The molecule has 8 heteroatoms. The van der Waals surface area contributed by atoms with Crippen LogP contribution in [0.4, 0.5) is 0 Å². The second-order valence-corrected chi connectivity index (χ2v) is 7.58. The molecule has 0 fully saturated rings. The Balaban J connectivity index is 2.01. The van der Waals surface area contributed by atoms with E-state index in [0.717, 1.165) is 11.1 Å². The number of aryl methyl sites for hydroxylation is 1. The van der Waals surface area contributed by atoms with Crippen LogP contribution < -0.4 is 11.2 Å². The number of aromatic nitrogens is 4. The molecule has 4 aromatic rings. The Labute approximate surface area is 184 Å². The fraction of sp³-hybridized carbons (Fsp3) is 0.250. The molecule has 0 aliphatic heterocycles. The molecule has 8 nitrogen and oxygen atoms in total. The molecule has 0 saturated heterocycles. The van der Waals surface area contributed by atoms with E-state index >= 15 is 0 Å². The summed E-state index contributed by atoms with van der Waals surface area (Å²) in [7, 11) is 0. The number of fused-ring (bicyclic) bond motifs is 1. The Morgan fingerprint density at radius 2 is 1.75 bits per heavy atom. The predicted octanol–water partition coefficient (Wildman–Crippen LogP) is 2.83. The maximum atomic E-state index is 13.5. The summed E-state index contributed by atoms with van der Waals surface area (Å²) in [4.78, 5) is 43.7. The lowest BCUT2D eigenvalue weighted by Gasteiger charge is -2.15. The summed E-state index contributed by atoms with van der Waals surface area (Å²) < 4.78 is 9.19. The van der Waals surface area contributed by atoms with E-state index in [2.05, 4.69) is 4.98 Å². The first-order chi connectivity index (χ1) is 15.4. The predicted molar refractivity (Wildman–Crippen MR) is 121 cm³/mol. The van der Waals surface area contributed by atoms with Gasteiger partial charge in [0, 0.05) is 0 Å². The number of carbonyl (C=O) groups excluding carboxylic acids is 1. The minimum Gasteiger partial charge on any atom is -0.464 e. The molecule has 0 N–H and O–H groups in total. The van der Waals surface area contributed by atoms with Crippen LogP contribution in [0.1, 0.15) is 31.0 Å². The number of imidazole rings is 1. The van der Waals surface area contributed by atoms with Crippen LogP contribution in [0.2, 0.25) is 0 Å². The first-order valence-corrected chi connectivity index (χ1v) is 10.4. The van der Waals surface area contributed by atoms with Gasteiger partial charge in [-0.05, 0) is 38.5 Å². The third-order valence-electron chi connectivity index (χ3n) is 5.38. The number of esters is 1. The zero-order valence-electron chi connectivity index (χ0n) is 18.2. The fourth-order valence-corrected chi connectivity index (χ4v) is 3.65. The van der Waals surface area contributed by atoms with Gasteiger partial charge in [-0.1, -0.05) is 48.0 Å². The van der Waals surface area contributed by atoms with E-state index in [0.29, 0.717) is 5.69 Å². The van der Waals surface area contributed by atoms with Gasteiger partial charge in [0.2, 0.25) is 0 Å². The summed E-state index contributed by atoms with van der Waals surface area (Å²) >= 11 is 0. The maximum Gasteiger partial charge on any atom is 0.337 e. The van der Waals surface area contributed by atoms with Crippen molar-refractivity contribution < 1.29 is 9.53 Å². The van der Waals surface area contributed by atoms with Crippen molar-refractivity contribution in [3.63, 3.8) is 0 Å². The zero-order valence-corrected chi connectivity index (χ0v) is 18.2. The Morgan fingerprint density at radius 1 is 1.06 bits per heavy atom. The van der Waals surface area contributed by atoms with Crippen molar-refractivity contribution in [2.45, 2.75) is 33.4 Å². The van der Waals surface area contributed by atoms with Crippen LogP contribution in [-0.2, 0) is 16.1 Å². The highest BCUT2D eigenvalue weighted by Gasteiger charge is 2.24. The highest BCUT2D eigenvalue weighted by atomic mass is 16.5. The third kappa shape index (κ3) is 3.75. The lowest BCUT2D eigenvalue weighted by atomic mass is 10.2. The van der Waals surface area contributed by atoms with Crippen LogP contribution in [0.5, 0.6) is 0 Å². The average Bonchev–Trinajstić information content (AvgIpc) is 3.23.